The second-order valence-electron chi connectivity index (χ2n) is 9.01. The van der Waals surface area contributed by atoms with Gasteiger partial charge in [0.25, 0.3) is 0 Å². The summed E-state index contributed by atoms with van der Waals surface area (Å²) >= 11 is 0. The van der Waals surface area contributed by atoms with Crippen LogP contribution in [0.1, 0.15) is 5.56 Å². The molecule has 7 rings (SSSR count). The van der Waals surface area contributed by atoms with Gasteiger partial charge in [-0.2, -0.15) is 5.10 Å². The molecule has 0 aliphatic carbocycles. The maximum atomic E-state index is 13.5. The SMILES string of the molecule is O=C1C2C3OC(C2C(=O)N1c1ccccc1)C1C3C(c2ccccc2)=NN1c1ccccc1. The van der Waals surface area contributed by atoms with Crippen molar-refractivity contribution in [2.24, 2.45) is 22.9 Å². The van der Waals surface area contributed by atoms with E-state index in [1.807, 2.05) is 96.0 Å². The standard InChI is InChI=1S/C27H21N3O3/c31-26-19-20(27(32)29(26)17-12-6-2-7-13-17)25-23-21(24(19)33-25)22(16-10-4-1-5-11-16)28-30(23)18-14-8-3-9-15-18/h1-15,19-21,23-25H. The molecule has 0 saturated carbocycles. The number of fused-ring (bicyclic) bond motifs is 8. The minimum absolute atomic E-state index is 0.0775. The highest BCUT2D eigenvalue weighted by atomic mass is 16.5. The summed E-state index contributed by atoms with van der Waals surface area (Å²) < 4.78 is 6.44. The number of rotatable bonds is 3. The van der Waals surface area contributed by atoms with E-state index in [9.17, 15) is 9.59 Å². The van der Waals surface area contributed by atoms with Crippen LogP contribution >= 0.6 is 0 Å². The molecule has 33 heavy (non-hydrogen) atoms. The second-order valence-corrected chi connectivity index (χ2v) is 9.01. The third kappa shape index (κ3) is 2.50. The van der Waals surface area contributed by atoms with Crippen LogP contribution in [0.15, 0.2) is 96.1 Å². The lowest BCUT2D eigenvalue weighted by atomic mass is 9.70. The molecule has 0 aromatic heterocycles. The molecule has 0 radical (unpaired) electrons. The summed E-state index contributed by atoms with van der Waals surface area (Å²) in [5, 5.41) is 7.05. The number of imide groups is 1. The van der Waals surface area contributed by atoms with Crippen molar-refractivity contribution in [2.75, 3.05) is 9.91 Å². The molecule has 6 unspecified atom stereocenters. The van der Waals surface area contributed by atoms with Crippen molar-refractivity contribution >= 4 is 28.9 Å². The Hall–Kier alpha value is -3.77. The van der Waals surface area contributed by atoms with Crippen LogP contribution in [0, 0.1) is 17.8 Å². The highest BCUT2D eigenvalue weighted by Crippen LogP contribution is 2.56. The molecule has 4 heterocycles. The van der Waals surface area contributed by atoms with Crippen LogP contribution in [0.25, 0.3) is 0 Å². The lowest BCUT2D eigenvalue weighted by Crippen LogP contribution is -2.50. The Bertz CT molecular complexity index is 1280. The molecule has 6 atom stereocenters. The molecule has 162 valence electrons. The van der Waals surface area contributed by atoms with Crippen molar-refractivity contribution in [3.63, 3.8) is 0 Å². The minimum Gasteiger partial charge on any atom is -0.370 e. The zero-order valence-corrected chi connectivity index (χ0v) is 17.7. The van der Waals surface area contributed by atoms with Crippen LogP contribution in [-0.4, -0.2) is 35.8 Å². The van der Waals surface area contributed by atoms with E-state index in [2.05, 4.69) is 0 Å². The van der Waals surface area contributed by atoms with Gasteiger partial charge in [-0.25, -0.2) is 4.90 Å². The van der Waals surface area contributed by atoms with E-state index in [-0.39, 0.29) is 36.0 Å². The zero-order valence-electron chi connectivity index (χ0n) is 17.7. The molecule has 3 aromatic rings. The molecule has 3 fully saturated rings. The molecule has 6 heteroatoms. The first-order valence-corrected chi connectivity index (χ1v) is 11.3. The van der Waals surface area contributed by atoms with E-state index in [1.54, 1.807) is 0 Å². The van der Waals surface area contributed by atoms with Crippen LogP contribution in [-0.2, 0) is 14.3 Å². The number of benzene rings is 3. The number of para-hydroxylation sites is 2. The predicted octanol–water partition coefficient (Wildman–Crippen LogP) is 3.48. The number of nitrogens with zero attached hydrogens (tertiary/aromatic N) is 3. The minimum atomic E-state index is -0.486. The Labute approximate surface area is 191 Å². The van der Waals surface area contributed by atoms with Crippen molar-refractivity contribution in [3.8, 4) is 0 Å². The number of anilines is 2. The summed E-state index contributed by atoms with van der Waals surface area (Å²) in [5.74, 6) is -1.36. The van der Waals surface area contributed by atoms with Crippen molar-refractivity contribution in [2.45, 2.75) is 18.2 Å². The van der Waals surface area contributed by atoms with E-state index in [4.69, 9.17) is 9.84 Å². The highest BCUT2D eigenvalue weighted by molar-refractivity contribution is 6.23. The molecule has 3 aromatic carbocycles. The van der Waals surface area contributed by atoms with Crippen molar-refractivity contribution in [3.05, 3.63) is 96.6 Å². The Kier molecular flexibility index (Phi) is 3.90. The van der Waals surface area contributed by atoms with E-state index in [0.717, 1.165) is 17.0 Å². The van der Waals surface area contributed by atoms with Crippen LogP contribution in [0.5, 0.6) is 0 Å². The molecule has 2 bridgehead atoms. The predicted molar refractivity (Wildman–Crippen MR) is 124 cm³/mol. The zero-order chi connectivity index (χ0) is 22.1. The van der Waals surface area contributed by atoms with Gasteiger partial charge in [0.2, 0.25) is 11.8 Å². The molecule has 3 saturated heterocycles. The highest BCUT2D eigenvalue weighted by Gasteiger charge is 2.72. The summed E-state index contributed by atoms with van der Waals surface area (Å²) in [4.78, 5) is 28.4. The Morgan fingerprint density at radius 3 is 1.82 bits per heavy atom. The molecule has 0 N–H and O–H groups in total. The van der Waals surface area contributed by atoms with Crippen molar-refractivity contribution in [1.29, 1.82) is 0 Å². The fraction of sp³-hybridized carbons (Fsp3) is 0.222. The van der Waals surface area contributed by atoms with Crippen LogP contribution < -0.4 is 9.91 Å². The van der Waals surface area contributed by atoms with Crippen molar-refractivity contribution in [1.82, 2.24) is 0 Å². The number of hydrogen-bond acceptors (Lipinski definition) is 5. The molecule has 4 aliphatic rings. The Morgan fingerprint density at radius 1 is 0.636 bits per heavy atom. The van der Waals surface area contributed by atoms with Gasteiger partial charge >= 0.3 is 0 Å². The van der Waals surface area contributed by atoms with Gasteiger partial charge in [0.1, 0.15) is 0 Å². The van der Waals surface area contributed by atoms with Gasteiger partial charge in [-0.05, 0) is 29.8 Å². The topological polar surface area (TPSA) is 62.2 Å². The van der Waals surface area contributed by atoms with E-state index < -0.39 is 11.8 Å². The van der Waals surface area contributed by atoms with Crippen LogP contribution in [0.2, 0.25) is 0 Å². The van der Waals surface area contributed by atoms with E-state index >= 15 is 0 Å². The third-order valence-electron chi connectivity index (χ3n) is 7.40. The first-order valence-electron chi connectivity index (χ1n) is 11.3. The molecule has 0 spiro atoms. The quantitative estimate of drug-likeness (QED) is 0.591. The number of hydrogen-bond donors (Lipinski definition) is 0. The normalized spacial score (nSPS) is 31.7. The van der Waals surface area contributed by atoms with Gasteiger partial charge in [-0.1, -0.05) is 66.7 Å². The van der Waals surface area contributed by atoms with Gasteiger partial charge < -0.3 is 4.74 Å². The maximum absolute atomic E-state index is 13.5. The van der Waals surface area contributed by atoms with Crippen LogP contribution in [0.4, 0.5) is 11.4 Å². The van der Waals surface area contributed by atoms with Gasteiger partial charge in [-0.15, -0.1) is 0 Å². The Morgan fingerprint density at radius 2 is 1.18 bits per heavy atom. The van der Waals surface area contributed by atoms with E-state index in [1.165, 1.54) is 4.90 Å². The lowest BCUT2D eigenvalue weighted by molar-refractivity contribution is -0.125. The van der Waals surface area contributed by atoms with Crippen LogP contribution in [0.3, 0.4) is 0 Å². The van der Waals surface area contributed by atoms with Gasteiger partial charge in [0.05, 0.1) is 53.1 Å². The maximum Gasteiger partial charge on any atom is 0.240 e. The number of carbonyl (C=O) groups is 2. The summed E-state index contributed by atoms with van der Waals surface area (Å²) in [5.41, 5.74) is 3.54. The fourth-order valence-corrected chi connectivity index (χ4v) is 6.11. The fourth-order valence-electron chi connectivity index (χ4n) is 6.11. The first-order chi connectivity index (χ1) is 16.2. The number of hydrazone groups is 1. The average molecular weight is 435 g/mol. The average Bonchev–Trinajstić information content (AvgIpc) is 3.60. The first kappa shape index (κ1) is 18.8. The number of carbonyl (C=O) groups excluding carboxylic acids is 2. The Balaban J connectivity index is 1.33. The van der Waals surface area contributed by atoms with E-state index in [0.29, 0.717) is 5.69 Å². The van der Waals surface area contributed by atoms with Gasteiger partial charge in [0, 0.05) is 0 Å². The molecule has 4 aliphatic heterocycles. The smallest absolute Gasteiger partial charge is 0.240 e. The summed E-state index contributed by atoms with van der Waals surface area (Å²) in [7, 11) is 0. The summed E-state index contributed by atoms with van der Waals surface area (Å²) in [6.45, 7) is 0. The van der Waals surface area contributed by atoms with Gasteiger partial charge in [0.15, 0.2) is 0 Å². The lowest BCUT2D eigenvalue weighted by Gasteiger charge is -2.32. The summed E-state index contributed by atoms with van der Waals surface area (Å²) in [6.07, 6.45) is -0.761. The largest absolute Gasteiger partial charge is 0.370 e. The molecule has 2 amide bonds. The molecule has 6 nitrogen and oxygen atoms in total. The van der Waals surface area contributed by atoms with Crippen molar-refractivity contribution < 1.29 is 14.3 Å². The summed E-state index contributed by atoms with van der Waals surface area (Å²) in [6, 6.07) is 29.1. The second kappa shape index (κ2) is 6.86. The third-order valence-corrected chi connectivity index (χ3v) is 7.40. The monoisotopic (exact) mass is 435 g/mol. The molecular formula is C27H21N3O3. The van der Waals surface area contributed by atoms with Gasteiger partial charge in [-0.3, -0.25) is 14.6 Å². The molecular weight excluding hydrogens is 414 g/mol. The number of amides is 2. The number of ether oxygens (including phenoxy) is 1.